The lowest BCUT2D eigenvalue weighted by molar-refractivity contribution is -0.144. The van der Waals surface area contributed by atoms with Gasteiger partial charge in [-0.15, -0.1) is 22.7 Å². The summed E-state index contributed by atoms with van der Waals surface area (Å²) in [5.41, 5.74) is 5.91. The molecule has 73 heavy (non-hydrogen) atoms. The second-order valence-electron chi connectivity index (χ2n) is 21.3. The Balaban J connectivity index is 0.836. The molecule has 4 atom stereocenters. The van der Waals surface area contributed by atoms with Gasteiger partial charge < -0.3 is 35.6 Å². The van der Waals surface area contributed by atoms with Crippen LogP contribution < -0.4 is 15.4 Å². The van der Waals surface area contributed by atoms with Gasteiger partial charge in [0, 0.05) is 57.6 Å². The number of thiophene rings is 1. The molecule has 0 radical (unpaired) electrons. The van der Waals surface area contributed by atoms with Crippen LogP contribution in [0.25, 0.3) is 31.0 Å². The van der Waals surface area contributed by atoms with E-state index in [-0.39, 0.29) is 66.0 Å². The van der Waals surface area contributed by atoms with Crippen molar-refractivity contribution in [3.05, 3.63) is 119 Å². The second kappa shape index (κ2) is 23.8. The van der Waals surface area contributed by atoms with Gasteiger partial charge in [-0.3, -0.25) is 24.1 Å². The lowest BCUT2D eigenvalue weighted by Gasteiger charge is -2.35. The van der Waals surface area contributed by atoms with E-state index in [1.54, 1.807) is 65.9 Å². The van der Waals surface area contributed by atoms with Gasteiger partial charge in [0.25, 0.3) is 0 Å². The minimum atomic E-state index is -0.876. The number of aliphatic hydroxyl groups is 1. The van der Waals surface area contributed by atoms with E-state index in [0.29, 0.717) is 36.4 Å². The number of fused-ring (bicyclic) bond motifs is 1. The number of aromatic hydroxyl groups is 2. The van der Waals surface area contributed by atoms with Gasteiger partial charge in [-0.25, -0.2) is 4.98 Å². The zero-order chi connectivity index (χ0) is 52.6. The molecular weight excluding hydrogens is 959 g/mol. The van der Waals surface area contributed by atoms with Crippen molar-refractivity contribution in [3.8, 4) is 38.1 Å². The number of likely N-dealkylation sites (tertiary alicyclic amines) is 1. The van der Waals surface area contributed by atoms with E-state index in [1.165, 1.54) is 16.2 Å². The maximum absolute atomic E-state index is 14.2. The van der Waals surface area contributed by atoms with Gasteiger partial charge in [0.1, 0.15) is 35.9 Å². The average Bonchev–Trinajstić information content (AvgIpc) is 4.07. The number of aromatic nitrogens is 1. The number of nitrogens with one attached hydrogen (secondary N) is 2. The molecule has 4 aromatic carbocycles. The minimum absolute atomic E-state index is 0.0164. The van der Waals surface area contributed by atoms with Crippen LogP contribution in [0, 0.1) is 12.3 Å². The summed E-state index contributed by atoms with van der Waals surface area (Å²) >= 11 is 3.01. The molecule has 5 N–H and O–H groups in total. The first kappa shape index (κ1) is 54.6. The number of unbranched alkanes of at least 4 members (excludes halogenated alkanes) is 4. The summed E-state index contributed by atoms with van der Waals surface area (Å²) in [4.78, 5) is 65.4. The number of β-amino-alcohol motifs (C(OH)–C–C–N with tert-alkyl or cyclic N) is 1. The zero-order valence-corrected chi connectivity index (χ0v) is 45.0. The van der Waals surface area contributed by atoms with Gasteiger partial charge in [-0.2, -0.15) is 0 Å². The molecular formula is C58H71N5O8S2. The van der Waals surface area contributed by atoms with Crippen LogP contribution in [0.1, 0.15) is 127 Å². The van der Waals surface area contributed by atoms with E-state index < -0.39 is 23.6 Å². The predicted octanol–water partition coefficient (Wildman–Crippen LogP) is 10.8. The van der Waals surface area contributed by atoms with Crippen LogP contribution in [0.5, 0.6) is 17.2 Å². The Bertz CT molecular complexity index is 2850. The molecule has 15 heteroatoms. The summed E-state index contributed by atoms with van der Waals surface area (Å²) in [7, 11) is 0. The summed E-state index contributed by atoms with van der Waals surface area (Å²) < 4.78 is 6.98. The molecule has 4 unspecified atom stereocenters. The standard InChI is InChI=1S/C58H71N5O8S2/c1-36(38-15-17-40(18-16-38)52-37(2)59-35-72-52)60-55(69)47-32-44(66)34-63(47)56(70)54(57(3,4)5)61-49(67)14-12-10-9-11-13-29-62(58(6,7)8)30-31-71-45-26-21-39(22-27-45)51(68)50-46-28-25-43(65)33-48(46)73-53(50)41-19-23-42(64)24-20-41/h15-28,33,35-36,44,47,54,64-66H,9-14,29-32,34H2,1-8H3,(H,60,69)(H,61,67). The van der Waals surface area contributed by atoms with Gasteiger partial charge in [0.05, 0.1) is 28.2 Å². The van der Waals surface area contributed by atoms with E-state index >= 15 is 0 Å². The van der Waals surface area contributed by atoms with Crippen LogP contribution in [-0.4, -0.2) is 104 Å². The van der Waals surface area contributed by atoms with Gasteiger partial charge in [0.2, 0.25) is 17.7 Å². The van der Waals surface area contributed by atoms with E-state index in [4.69, 9.17) is 4.74 Å². The first-order valence-electron chi connectivity index (χ1n) is 25.3. The third-order valence-electron chi connectivity index (χ3n) is 13.6. The number of ether oxygens (including phenoxy) is 1. The highest BCUT2D eigenvalue weighted by Gasteiger charge is 2.44. The molecule has 0 saturated carbocycles. The maximum Gasteiger partial charge on any atom is 0.246 e. The number of carbonyl (C=O) groups is 4. The molecule has 0 bridgehead atoms. The van der Waals surface area contributed by atoms with Gasteiger partial charge in [0.15, 0.2) is 5.78 Å². The molecule has 3 heterocycles. The molecule has 7 rings (SSSR count). The van der Waals surface area contributed by atoms with Crippen molar-refractivity contribution in [3.63, 3.8) is 0 Å². The number of benzene rings is 4. The number of hydrogen-bond donors (Lipinski definition) is 5. The fourth-order valence-corrected chi connectivity index (χ4v) is 11.4. The van der Waals surface area contributed by atoms with Crippen molar-refractivity contribution in [2.75, 3.05) is 26.2 Å². The quantitative estimate of drug-likeness (QED) is 0.0344. The third-order valence-corrected chi connectivity index (χ3v) is 15.8. The predicted molar refractivity (Wildman–Crippen MR) is 291 cm³/mol. The number of phenols is 2. The fraction of sp³-hybridized carbons (Fsp3) is 0.431. The first-order chi connectivity index (χ1) is 34.7. The second-order valence-corrected chi connectivity index (χ2v) is 23.2. The fourth-order valence-electron chi connectivity index (χ4n) is 9.40. The highest BCUT2D eigenvalue weighted by Crippen LogP contribution is 2.42. The van der Waals surface area contributed by atoms with Gasteiger partial charge in [-0.05, 0) is 143 Å². The van der Waals surface area contributed by atoms with Crippen molar-refractivity contribution >= 4 is 56.3 Å². The van der Waals surface area contributed by atoms with E-state index in [1.807, 2.05) is 76.5 Å². The molecule has 0 spiro atoms. The van der Waals surface area contributed by atoms with Crippen LogP contribution >= 0.6 is 22.7 Å². The van der Waals surface area contributed by atoms with E-state index in [0.717, 1.165) is 74.5 Å². The summed E-state index contributed by atoms with van der Waals surface area (Å²) in [5, 5.41) is 37.5. The Morgan fingerprint density at radius 3 is 2.11 bits per heavy atom. The summed E-state index contributed by atoms with van der Waals surface area (Å²) in [6.07, 6.45) is 4.05. The van der Waals surface area contributed by atoms with E-state index in [2.05, 4.69) is 41.3 Å². The number of aryl methyl sites for hydroxylation is 1. The maximum atomic E-state index is 14.2. The molecule has 2 aromatic heterocycles. The SMILES string of the molecule is Cc1ncsc1-c1ccc(C(C)NC(=O)C2CC(O)CN2C(=O)C(NC(=O)CCCCCCCN(CCOc2ccc(C(=O)c3c(-c4ccc(O)cc4)sc4cc(O)ccc34)cc2)C(C)(C)C)C(C)(C)C)cc1. The number of nitrogens with zero attached hydrogens (tertiary/aromatic N) is 3. The molecule has 1 saturated heterocycles. The summed E-state index contributed by atoms with van der Waals surface area (Å²) in [6, 6.07) is 24.9. The number of carbonyl (C=O) groups excluding carboxylic acids is 4. The zero-order valence-electron chi connectivity index (χ0n) is 43.4. The average molecular weight is 1030 g/mol. The van der Waals surface area contributed by atoms with Crippen molar-refractivity contribution < 1.29 is 39.2 Å². The minimum Gasteiger partial charge on any atom is -0.508 e. The van der Waals surface area contributed by atoms with Crippen molar-refractivity contribution in [1.29, 1.82) is 0 Å². The van der Waals surface area contributed by atoms with Crippen molar-refractivity contribution in [2.24, 2.45) is 5.41 Å². The smallest absolute Gasteiger partial charge is 0.246 e. The van der Waals surface area contributed by atoms with Crippen LogP contribution in [0.3, 0.4) is 0 Å². The number of phenolic OH excluding ortho intramolecular Hbond substituents is 2. The van der Waals surface area contributed by atoms with Crippen molar-refractivity contribution in [1.82, 2.24) is 25.4 Å². The number of rotatable bonds is 21. The molecule has 1 aliphatic heterocycles. The molecule has 13 nitrogen and oxygen atoms in total. The first-order valence-corrected chi connectivity index (χ1v) is 27.0. The molecule has 388 valence electrons. The third kappa shape index (κ3) is 13.9. The number of amides is 3. The highest BCUT2D eigenvalue weighted by atomic mass is 32.1. The van der Waals surface area contributed by atoms with E-state index in [9.17, 15) is 34.5 Å². The molecule has 1 fully saturated rings. The number of thiazole rings is 1. The van der Waals surface area contributed by atoms with Gasteiger partial charge in [-0.1, -0.05) is 64.3 Å². The van der Waals surface area contributed by atoms with Crippen LogP contribution in [0.4, 0.5) is 0 Å². The van der Waals surface area contributed by atoms with Crippen LogP contribution in [-0.2, 0) is 14.4 Å². The van der Waals surface area contributed by atoms with Gasteiger partial charge >= 0.3 is 0 Å². The highest BCUT2D eigenvalue weighted by molar-refractivity contribution is 7.22. The van der Waals surface area contributed by atoms with Crippen molar-refractivity contribution in [2.45, 2.75) is 130 Å². The molecule has 1 aliphatic rings. The normalized spacial score (nSPS) is 15.9. The summed E-state index contributed by atoms with van der Waals surface area (Å²) in [6.45, 7) is 18.2. The number of ketones is 1. The Hall–Kier alpha value is -6.13. The monoisotopic (exact) mass is 1030 g/mol. The lowest BCUT2D eigenvalue weighted by Crippen LogP contribution is -2.57. The Morgan fingerprint density at radius 2 is 1.45 bits per heavy atom. The Kier molecular flexibility index (Phi) is 17.8. The number of hydrogen-bond acceptors (Lipinski definition) is 12. The van der Waals surface area contributed by atoms with Crippen LogP contribution in [0.15, 0.2) is 96.5 Å². The van der Waals surface area contributed by atoms with Crippen LogP contribution in [0.2, 0.25) is 0 Å². The Morgan fingerprint density at radius 1 is 0.808 bits per heavy atom. The Labute approximate surface area is 437 Å². The lowest BCUT2D eigenvalue weighted by atomic mass is 9.85. The summed E-state index contributed by atoms with van der Waals surface area (Å²) in [5.74, 6) is -0.132. The topological polar surface area (TPSA) is 182 Å². The molecule has 3 amide bonds. The molecule has 0 aliphatic carbocycles. The largest absolute Gasteiger partial charge is 0.508 e. The molecule has 6 aromatic rings. The number of aliphatic hydroxyl groups excluding tert-OH is 1.